The first-order valence-electron chi connectivity index (χ1n) is 9.18. The summed E-state index contributed by atoms with van der Waals surface area (Å²) in [6.07, 6.45) is 0. The number of anilines is 1. The van der Waals surface area contributed by atoms with E-state index in [0.717, 1.165) is 22.8 Å². The number of ketones is 1. The predicted molar refractivity (Wildman–Crippen MR) is 114 cm³/mol. The lowest BCUT2D eigenvalue weighted by atomic mass is 9.97. The maximum absolute atomic E-state index is 12.4. The first-order valence-corrected chi connectivity index (χ1v) is 10.7. The van der Waals surface area contributed by atoms with Gasteiger partial charge in [-0.25, -0.2) is 8.42 Å². The summed E-state index contributed by atoms with van der Waals surface area (Å²) in [4.78, 5) is 34.3. The number of aryl methyl sites for hydroxylation is 3. The van der Waals surface area contributed by atoms with Gasteiger partial charge in [0.05, 0.1) is 9.82 Å². The van der Waals surface area contributed by atoms with Gasteiger partial charge in [-0.15, -0.1) is 0 Å². The number of carbonyl (C=O) groups is 2. The van der Waals surface area contributed by atoms with E-state index in [9.17, 15) is 28.1 Å². The minimum absolute atomic E-state index is 0.142. The Kier molecular flexibility index (Phi) is 7.47. The molecule has 10 nitrogen and oxygen atoms in total. The van der Waals surface area contributed by atoms with Crippen LogP contribution in [0.2, 0.25) is 0 Å². The molecule has 0 fully saturated rings. The maximum atomic E-state index is 12.4. The normalized spacial score (nSPS) is 11.1. The van der Waals surface area contributed by atoms with E-state index in [0.29, 0.717) is 5.56 Å². The Hall–Kier alpha value is -3.31. The van der Waals surface area contributed by atoms with Crippen LogP contribution < -0.4 is 10.0 Å². The van der Waals surface area contributed by atoms with E-state index in [2.05, 4.69) is 5.32 Å². The minimum Gasteiger partial charge on any atom is -0.456 e. The Bertz CT molecular complexity index is 1120. The SMILES string of the molecule is CNc1ccc(S(=O)(=O)NCC(=O)OCC(=O)c2c(C)cc(C)cc2C)cc1[N+](=O)[O-]. The van der Waals surface area contributed by atoms with Crippen LogP contribution in [0.4, 0.5) is 11.4 Å². The fourth-order valence-corrected chi connectivity index (χ4v) is 4.16. The third-order valence-corrected chi connectivity index (χ3v) is 5.87. The molecule has 31 heavy (non-hydrogen) atoms. The van der Waals surface area contributed by atoms with Gasteiger partial charge in [0.1, 0.15) is 12.2 Å². The molecule has 0 amide bonds. The number of hydrogen-bond donors (Lipinski definition) is 2. The average Bonchev–Trinajstić information content (AvgIpc) is 2.69. The number of esters is 1. The van der Waals surface area contributed by atoms with Crippen LogP contribution in [-0.2, 0) is 19.6 Å². The summed E-state index contributed by atoms with van der Waals surface area (Å²) in [5.41, 5.74) is 2.68. The molecule has 0 unspecified atom stereocenters. The Labute approximate surface area is 179 Å². The second-order valence-corrected chi connectivity index (χ2v) is 8.64. The van der Waals surface area contributed by atoms with Crippen molar-refractivity contribution in [3.63, 3.8) is 0 Å². The predicted octanol–water partition coefficient (Wildman–Crippen LogP) is 2.27. The lowest BCUT2D eigenvalue weighted by Crippen LogP contribution is -2.31. The van der Waals surface area contributed by atoms with Gasteiger partial charge in [-0.2, -0.15) is 4.72 Å². The van der Waals surface area contributed by atoms with Gasteiger partial charge in [0.2, 0.25) is 15.8 Å². The molecule has 0 aliphatic carbocycles. The highest BCUT2D eigenvalue weighted by atomic mass is 32.2. The van der Waals surface area contributed by atoms with Crippen LogP contribution in [0.15, 0.2) is 35.2 Å². The minimum atomic E-state index is -4.21. The number of Topliss-reactive ketones (excluding diaryl/α,β-unsaturated/α-hetero) is 1. The molecule has 0 saturated heterocycles. The number of nitrogens with zero attached hydrogens (tertiary/aromatic N) is 1. The van der Waals surface area contributed by atoms with Crippen molar-refractivity contribution in [3.05, 3.63) is 62.7 Å². The lowest BCUT2D eigenvalue weighted by molar-refractivity contribution is -0.384. The van der Waals surface area contributed by atoms with E-state index in [1.807, 2.05) is 23.8 Å². The van der Waals surface area contributed by atoms with Crippen molar-refractivity contribution in [2.45, 2.75) is 25.7 Å². The molecular weight excluding hydrogens is 426 g/mol. The molecule has 11 heteroatoms. The molecule has 0 aliphatic rings. The Morgan fingerprint density at radius 2 is 1.71 bits per heavy atom. The Morgan fingerprint density at radius 1 is 1.10 bits per heavy atom. The number of rotatable bonds is 9. The number of nitro benzene ring substituents is 1. The monoisotopic (exact) mass is 449 g/mol. The van der Waals surface area contributed by atoms with Gasteiger partial charge in [0, 0.05) is 18.7 Å². The molecular formula is C20H23N3O7S. The van der Waals surface area contributed by atoms with Gasteiger partial charge in [0.25, 0.3) is 5.69 Å². The molecule has 2 aromatic rings. The van der Waals surface area contributed by atoms with Crippen molar-refractivity contribution in [2.75, 3.05) is 25.5 Å². The van der Waals surface area contributed by atoms with Gasteiger partial charge in [-0.1, -0.05) is 17.7 Å². The zero-order chi connectivity index (χ0) is 23.3. The van der Waals surface area contributed by atoms with Crippen LogP contribution in [0.25, 0.3) is 0 Å². The van der Waals surface area contributed by atoms with Crippen molar-refractivity contribution in [1.82, 2.24) is 4.72 Å². The summed E-state index contributed by atoms with van der Waals surface area (Å²) in [7, 11) is -2.75. The highest BCUT2D eigenvalue weighted by molar-refractivity contribution is 7.89. The van der Waals surface area contributed by atoms with Gasteiger partial charge in [-0.3, -0.25) is 19.7 Å². The molecule has 0 aromatic heterocycles. The summed E-state index contributed by atoms with van der Waals surface area (Å²) >= 11 is 0. The van der Waals surface area contributed by atoms with Crippen LogP contribution in [0.5, 0.6) is 0 Å². The smallest absolute Gasteiger partial charge is 0.321 e. The fourth-order valence-electron chi connectivity index (χ4n) is 3.17. The van der Waals surface area contributed by atoms with Crippen LogP contribution in [0.3, 0.4) is 0 Å². The number of benzene rings is 2. The van der Waals surface area contributed by atoms with Crippen molar-refractivity contribution in [3.8, 4) is 0 Å². The number of nitro groups is 1. The Morgan fingerprint density at radius 3 is 2.26 bits per heavy atom. The molecule has 2 aromatic carbocycles. The molecule has 2 N–H and O–H groups in total. The standard InChI is InChI=1S/C20H23N3O7S/c1-12-7-13(2)20(14(3)8-12)18(24)11-30-19(25)10-22-31(28,29)15-5-6-16(21-4)17(9-15)23(26)27/h5-9,21-22H,10-11H2,1-4H3. The van der Waals surface area contributed by atoms with Gasteiger partial charge >= 0.3 is 5.97 Å². The lowest BCUT2D eigenvalue weighted by Gasteiger charge is -2.11. The number of hydrogen-bond acceptors (Lipinski definition) is 8. The van der Waals surface area contributed by atoms with E-state index < -0.39 is 45.5 Å². The van der Waals surface area contributed by atoms with E-state index in [-0.39, 0.29) is 10.6 Å². The summed E-state index contributed by atoms with van der Waals surface area (Å²) in [5.74, 6) is -1.36. The third kappa shape index (κ3) is 5.86. The highest BCUT2D eigenvalue weighted by Crippen LogP contribution is 2.27. The number of sulfonamides is 1. The van der Waals surface area contributed by atoms with Crippen molar-refractivity contribution < 1.29 is 27.7 Å². The molecule has 0 aliphatic heterocycles. The molecule has 166 valence electrons. The molecule has 0 heterocycles. The molecule has 0 radical (unpaired) electrons. The quantitative estimate of drug-likeness (QED) is 0.257. The summed E-state index contributed by atoms with van der Waals surface area (Å²) in [6, 6.07) is 6.98. The second kappa shape index (κ2) is 9.67. The summed E-state index contributed by atoms with van der Waals surface area (Å²) in [5, 5.41) is 13.7. The topological polar surface area (TPSA) is 145 Å². The zero-order valence-corrected chi connectivity index (χ0v) is 18.3. The first kappa shape index (κ1) is 24.0. The maximum Gasteiger partial charge on any atom is 0.321 e. The van der Waals surface area contributed by atoms with Crippen LogP contribution in [0, 0.1) is 30.9 Å². The molecule has 0 spiro atoms. The molecule has 0 bridgehead atoms. The number of nitrogens with one attached hydrogen (secondary N) is 2. The van der Waals surface area contributed by atoms with E-state index >= 15 is 0 Å². The first-order chi connectivity index (χ1) is 14.5. The van der Waals surface area contributed by atoms with Crippen LogP contribution in [-0.4, -0.2) is 45.3 Å². The molecule has 0 atom stereocenters. The number of carbonyl (C=O) groups excluding carboxylic acids is 2. The molecule has 0 saturated carbocycles. The zero-order valence-electron chi connectivity index (χ0n) is 17.5. The Balaban J connectivity index is 2.02. The van der Waals surface area contributed by atoms with Gasteiger partial charge in [0.15, 0.2) is 6.61 Å². The van der Waals surface area contributed by atoms with Crippen molar-refractivity contribution in [2.24, 2.45) is 0 Å². The van der Waals surface area contributed by atoms with E-state index in [4.69, 9.17) is 4.74 Å². The van der Waals surface area contributed by atoms with E-state index in [1.165, 1.54) is 19.2 Å². The summed E-state index contributed by atoms with van der Waals surface area (Å²) < 4.78 is 31.6. The molecule has 2 rings (SSSR count). The highest BCUT2D eigenvalue weighted by Gasteiger charge is 2.22. The number of ether oxygens (including phenoxy) is 1. The third-order valence-electron chi connectivity index (χ3n) is 4.47. The van der Waals surface area contributed by atoms with Gasteiger partial charge in [-0.05, 0) is 44.0 Å². The van der Waals surface area contributed by atoms with Crippen molar-refractivity contribution in [1.29, 1.82) is 0 Å². The largest absolute Gasteiger partial charge is 0.456 e. The van der Waals surface area contributed by atoms with Crippen LogP contribution in [0.1, 0.15) is 27.0 Å². The average molecular weight is 449 g/mol. The van der Waals surface area contributed by atoms with Crippen molar-refractivity contribution >= 4 is 33.2 Å². The van der Waals surface area contributed by atoms with E-state index in [1.54, 1.807) is 13.8 Å². The van der Waals surface area contributed by atoms with Gasteiger partial charge < -0.3 is 10.1 Å². The summed E-state index contributed by atoms with van der Waals surface area (Å²) in [6.45, 7) is 4.20. The second-order valence-electron chi connectivity index (χ2n) is 6.87. The fraction of sp³-hybridized carbons (Fsp3) is 0.300. The van der Waals surface area contributed by atoms with Crippen LogP contribution >= 0.6 is 0 Å².